The number of ether oxygens (including phenoxy) is 1. The lowest BCUT2D eigenvalue weighted by molar-refractivity contribution is -0.136. The number of nitrogens with zero attached hydrogens (tertiary/aromatic N) is 4. The summed E-state index contributed by atoms with van der Waals surface area (Å²) in [4.78, 5) is 53.0. The summed E-state index contributed by atoms with van der Waals surface area (Å²) >= 11 is 0. The number of hydrogen-bond acceptors (Lipinski definition) is 7. The Morgan fingerprint density at radius 1 is 1.09 bits per heavy atom. The first-order chi connectivity index (χ1) is 15.5. The van der Waals surface area contributed by atoms with Crippen LogP contribution in [-0.2, 0) is 14.3 Å². The molecule has 1 unspecified atom stereocenters. The highest BCUT2D eigenvalue weighted by molar-refractivity contribution is 5.99. The number of nitrogens with one attached hydrogen (secondary N) is 1. The Labute approximate surface area is 191 Å². The van der Waals surface area contributed by atoms with E-state index in [1.807, 2.05) is 32.9 Å². The largest absolute Gasteiger partial charge is 0.444 e. The van der Waals surface area contributed by atoms with Crippen LogP contribution in [0.3, 0.4) is 0 Å². The van der Waals surface area contributed by atoms with Crippen LogP contribution in [0.25, 0.3) is 10.8 Å². The number of amides is 3. The molecule has 1 aromatic carbocycles. The Kier molecular flexibility index (Phi) is 5.85. The summed E-state index contributed by atoms with van der Waals surface area (Å²) in [7, 11) is 0. The number of aryl methyl sites for hydroxylation is 1. The van der Waals surface area contributed by atoms with Crippen molar-refractivity contribution in [3.8, 4) is 0 Å². The maximum atomic E-state index is 13.1. The number of rotatable bonds is 2. The molecule has 10 nitrogen and oxygen atoms in total. The second kappa shape index (κ2) is 8.49. The van der Waals surface area contributed by atoms with Gasteiger partial charge in [-0.25, -0.2) is 9.48 Å². The van der Waals surface area contributed by atoms with Crippen LogP contribution in [-0.4, -0.2) is 64.4 Å². The summed E-state index contributed by atoms with van der Waals surface area (Å²) < 4.78 is 6.65. The third kappa shape index (κ3) is 4.69. The van der Waals surface area contributed by atoms with E-state index in [-0.39, 0.29) is 30.4 Å². The molecule has 10 heteroatoms. The van der Waals surface area contributed by atoms with Gasteiger partial charge in [0.05, 0.1) is 11.1 Å². The Morgan fingerprint density at radius 3 is 2.42 bits per heavy atom. The number of carbonyl (C=O) groups is 3. The van der Waals surface area contributed by atoms with Gasteiger partial charge >= 0.3 is 6.09 Å². The maximum Gasteiger partial charge on any atom is 0.410 e. The third-order valence-electron chi connectivity index (χ3n) is 5.89. The van der Waals surface area contributed by atoms with Crippen molar-refractivity contribution in [2.45, 2.75) is 52.2 Å². The molecule has 2 aliphatic heterocycles. The smallest absolute Gasteiger partial charge is 0.410 e. The molecule has 0 spiro atoms. The van der Waals surface area contributed by atoms with E-state index >= 15 is 0 Å². The molecule has 3 amide bonds. The number of piperazine rings is 1. The van der Waals surface area contributed by atoms with Gasteiger partial charge in [0.25, 0.3) is 11.5 Å². The highest BCUT2D eigenvalue weighted by Gasteiger charge is 2.31. The quantitative estimate of drug-likeness (QED) is 0.686. The van der Waals surface area contributed by atoms with Crippen molar-refractivity contribution >= 4 is 34.4 Å². The zero-order valence-electron chi connectivity index (χ0n) is 19.4. The van der Waals surface area contributed by atoms with Crippen molar-refractivity contribution in [1.29, 1.82) is 0 Å². The molecular weight excluding hydrogens is 426 g/mol. The van der Waals surface area contributed by atoms with Crippen molar-refractivity contribution < 1.29 is 19.1 Å². The molecule has 0 bridgehead atoms. The molecule has 0 radical (unpaired) electrons. The van der Waals surface area contributed by atoms with Gasteiger partial charge in [0, 0.05) is 43.7 Å². The van der Waals surface area contributed by atoms with Crippen LogP contribution in [0, 0.1) is 6.92 Å². The monoisotopic (exact) mass is 455 g/mol. The second-order valence-corrected chi connectivity index (χ2v) is 9.49. The number of imide groups is 1. The number of hydrogen-bond donors (Lipinski definition) is 1. The van der Waals surface area contributed by atoms with E-state index in [0.29, 0.717) is 37.3 Å². The van der Waals surface area contributed by atoms with Gasteiger partial charge in [-0.2, -0.15) is 5.10 Å². The zero-order chi connectivity index (χ0) is 23.9. The van der Waals surface area contributed by atoms with E-state index in [1.54, 1.807) is 17.9 Å². The molecule has 2 saturated heterocycles. The van der Waals surface area contributed by atoms with Crippen molar-refractivity contribution in [3.63, 3.8) is 0 Å². The molecule has 176 valence electrons. The lowest BCUT2D eigenvalue weighted by Crippen LogP contribution is -2.50. The fourth-order valence-electron chi connectivity index (χ4n) is 4.20. The van der Waals surface area contributed by atoms with Crippen LogP contribution < -0.4 is 15.8 Å². The first kappa shape index (κ1) is 22.8. The van der Waals surface area contributed by atoms with Crippen molar-refractivity contribution in [2.24, 2.45) is 0 Å². The topological polar surface area (TPSA) is 114 Å². The summed E-state index contributed by atoms with van der Waals surface area (Å²) in [5.41, 5.74) is 0.682. The van der Waals surface area contributed by atoms with Crippen LogP contribution in [0.4, 0.5) is 10.5 Å². The van der Waals surface area contributed by atoms with Crippen LogP contribution in [0.15, 0.2) is 23.0 Å². The van der Waals surface area contributed by atoms with Crippen LogP contribution in [0.1, 0.15) is 45.3 Å². The Bertz CT molecular complexity index is 1170. The van der Waals surface area contributed by atoms with E-state index in [0.717, 1.165) is 11.1 Å². The standard InChI is InChI=1S/C23H29N5O5/c1-14-17-13-15(26-9-11-27(12-10-26)22(32)33-23(2,3)4)5-6-16(17)21(31)28(25-14)18-7-8-19(29)24-20(18)30/h5-6,13,18H,7-12H2,1-4H3,(H,24,29,30). The van der Waals surface area contributed by atoms with Gasteiger partial charge in [0.2, 0.25) is 5.91 Å². The van der Waals surface area contributed by atoms with Crippen LogP contribution in [0.5, 0.6) is 0 Å². The van der Waals surface area contributed by atoms with Gasteiger partial charge in [-0.05, 0) is 52.3 Å². The second-order valence-electron chi connectivity index (χ2n) is 9.49. The summed E-state index contributed by atoms with van der Waals surface area (Å²) in [6.07, 6.45) is 0.118. The van der Waals surface area contributed by atoms with E-state index in [2.05, 4.69) is 15.3 Å². The summed E-state index contributed by atoms with van der Waals surface area (Å²) in [5, 5.41) is 7.87. The predicted molar refractivity (Wildman–Crippen MR) is 122 cm³/mol. The van der Waals surface area contributed by atoms with Crippen LogP contribution >= 0.6 is 0 Å². The molecule has 1 N–H and O–H groups in total. The van der Waals surface area contributed by atoms with Gasteiger partial charge in [0.1, 0.15) is 11.6 Å². The van der Waals surface area contributed by atoms with Gasteiger partial charge in [-0.15, -0.1) is 0 Å². The molecule has 0 saturated carbocycles. The van der Waals surface area contributed by atoms with E-state index < -0.39 is 17.6 Å². The first-order valence-electron chi connectivity index (χ1n) is 11.1. The van der Waals surface area contributed by atoms with Crippen LogP contribution in [0.2, 0.25) is 0 Å². The number of carbonyl (C=O) groups excluding carboxylic acids is 3. The molecule has 2 aliphatic rings. The lowest BCUT2D eigenvalue weighted by Gasteiger charge is -2.36. The normalized spacial score (nSPS) is 19.6. The number of anilines is 1. The minimum Gasteiger partial charge on any atom is -0.444 e. The third-order valence-corrected chi connectivity index (χ3v) is 5.89. The fourth-order valence-corrected chi connectivity index (χ4v) is 4.20. The summed E-state index contributed by atoms with van der Waals surface area (Å²) in [5.74, 6) is -0.836. The predicted octanol–water partition coefficient (Wildman–Crippen LogP) is 1.74. The average Bonchev–Trinajstić information content (AvgIpc) is 2.75. The molecule has 2 aromatic rings. The number of fused-ring (bicyclic) bond motifs is 1. The molecule has 2 fully saturated rings. The SMILES string of the molecule is Cc1nn(C2CCC(=O)NC2=O)c(=O)c2ccc(N3CCN(C(=O)OC(C)(C)C)CC3)cc12. The lowest BCUT2D eigenvalue weighted by atomic mass is 10.1. The molecule has 0 aliphatic carbocycles. The van der Waals surface area contributed by atoms with Gasteiger partial charge in [-0.3, -0.25) is 19.7 Å². The molecule has 1 atom stereocenters. The number of piperidine rings is 1. The number of benzene rings is 1. The van der Waals surface area contributed by atoms with Crippen molar-refractivity contribution in [2.75, 3.05) is 31.1 Å². The van der Waals surface area contributed by atoms with Gasteiger partial charge in [0.15, 0.2) is 0 Å². The highest BCUT2D eigenvalue weighted by Crippen LogP contribution is 2.25. The van der Waals surface area contributed by atoms with Crippen molar-refractivity contribution in [3.05, 3.63) is 34.2 Å². The zero-order valence-corrected chi connectivity index (χ0v) is 19.4. The Hall–Kier alpha value is -3.43. The van der Waals surface area contributed by atoms with Crippen molar-refractivity contribution in [1.82, 2.24) is 20.0 Å². The Morgan fingerprint density at radius 2 is 1.79 bits per heavy atom. The van der Waals surface area contributed by atoms with Gasteiger partial charge < -0.3 is 14.5 Å². The molecule has 4 rings (SSSR count). The number of aromatic nitrogens is 2. The molecule has 3 heterocycles. The van der Waals surface area contributed by atoms with E-state index in [1.165, 1.54) is 4.68 Å². The molecule has 33 heavy (non-hydrogen) atoms. The summed E-state index contributed by atoms with van der Waals surface area (Å²) in [6, 6.07) is 4.77. The first-order valence-corrected chi connectivity index (χ1v) is 11.1. The average molecular weight is 456 g/mol. The van der Waals surface area contributed by atoms with E-state index in [9.17, 15) is 19.2 Å². The fraction of sp³-hybridized carbons (Fsp3) is 0.522. The minimum absolute atomic E-state index is 0.176. The van der Waals surface area contributed by atoms with Gasteiger partial charge in [-0.1, -0.05) is 0 Å². The molecule has 1 aromatic heterocycles. The minimum atomic E-state index is -0.793. The molecular formula is C23H29N5O5. The van der Waals surface area contributed by atoms with E-state index in [4.69, 9.17) is 4.74 Å². The Balaban J connectivity index is 1.54. The maximum absolute atomic E-state index is 13.1. The highest BCUT2D eigenvalue weighted by atomic mass is 16.6. The summed E-state index contributed by atoms with van der Waals surface area (Å²) in [6.45, 7) is 9.72.